The summed E-state index contributed by atoms with van der Waals surface area (Å²) in [4.78, 5) is 14.9. The number of carbonyl (C=O) groups is 1. The first-order chi connectivity index (χ1) is 11.9. The van der Waals surface area contributed by atoms with E-state index in [1.54, 1.807) is 36.0 Å². The van der Waals surface area contributed by atoms with Crippen LogP contribution in [-0.2, 0) is 14.8 Å². The van der Waals surface area contributed by atoms with Crippen LogP contribution in [0.4, 0.5) is 0 Å². The van der Waals surface area contributed by atoms with Gasteiger partial charge >= 0.3 is 0 Å². The molecule has 1 aromatic rings. The number of likely N-dealkylation sites (tertiary alicyclic amines) is 1. The van der Waals surface area contributed by atoms with E-state index in [0.29, 0.717) is 6.42 Å². The molecular formula is C18H28N2O3S2. The zero-order valence-electron chi connectivity index (χ0n) is 15.0. The van der Waals surface area contributed by atoms with Gasteiger partial charge in [0, 0.05) is 13.1 Å². The maximum absolute atomic E-state index is 12.9. The number of thioether (sulfide) groups is 1. The van der Waals surface area contributed by atoms with Crippen molar-refractivity contribution in [2.24, 2.45) is 0 Å². The largest absolute Gasteiger partial charge is 0.341 e. The molecule has 1 aliphatic rings. The molecule has 0 saturated carbocycles. The van der Waals surface area contributed by atoms with Crippen LogP contribution in [0.1, 0.15) is 37.7 Å². The van der Waals surface area contributed by atoms with Gasteiger partial charge in [-0.1, -0.05) is 30.5 Å². The second-order valence-corrected chi connectivity index (χ2v) is 9.21. The second-order valence-electron chi connectivity index (χ2n) is 6.51. The molecule has 1 fully saturated rings. The molecule has 1 unspecified atom stereocenters. The molecule has 0 aromatic heterocycles. The molecule has 7 heteroatoms. The van der Waals surface area contributed by atoms with Crippen LogP contribution in [0.15, 0.2) is 29.2 Å². The lowest BCUT2D eigenvalue weighted by molar-refractivity contribution is -0.133. The Balaban J connectivity index is 2.15. The number of sulfonamides is 1. The predicted octanol–water partition coefficient (Wildman–Crippen LogP) is 2.80. The number of hydrogen-bond acceptors (Lipinski definition) is 4. The van der Waals surface area contributed by atoms with Crippen LogP contribution in [0.3, 0.4) is 0 Å². The third kappa shape index (κ3) is 6.01. The van der Waals surface area contributed by atoms with Crippen LogP contribution in [-0.4, -0.2) is 50.4 Å². The zero-order chi connectivity index (χ0) is 18.3. The number of amides is 1. The van der Waals surface area contributed by atoms with Crippen molar-refractivity contribution in [1.29, 1.82) is 0 Å². The minimum Gasteiger partial charge on any atom is -0.341 e. The first kappa shape index (κ1) is 20.3. The molecule has 1 amide bonds. The zero-order valence-corrected chi connectivity index (χ0v) is 16.7. The number of nitrogens with one attached hydrogen (secondary N) is 1. The maximum Gasteiger partial charge on any atom is 0.241 e. The van der Waals surface area contributed by atoms with E-state index >= 15 is 0 Å². The highest BCUT2D eigenvalue weighted by atomic mass is 32.2. The van der Waals surface area contributed by atoms with Gasteiger partial charge in [0.1, 0.15) is 6.04 Å². The average molecular weight is 385 g/mol. The normalized spacial score (nSPS) is 17.1. The van der Waals surface area contributed by atoms with Crippen molar-refractivity contribution in [3.63, 3.8) is 0 Å². The summed E-state index contributed by atoms with van der Waals surface area (Å²) in [6.07, 6.45) is 6.71. The quantitative estimate of drug-likeness (QED) is 0.785. The molecule has 0 aliphatic carbocycles. The molecule has 0 bridgehead atoms. The predicted molar refractivity (Wildman–Crippen MR) is 103 cm³/mol. The Morgan fingerprint density at radius 2 is 1.76 bits per heavy atom. The van der Waals surface area contributed by atoms with Gasteiger partial charge in [0.25, 0.3) is 0 Å². The molecule has 1 atom stereocenters. The number of benzene rings is 1. The molecule has 1 saturated heterocycles. The van der Waals surface area contributed by atoms with E-state index in [0.717, 1.165) is 50.1 Å². The highest BCUT2D eigenvalue weighted by molar-refractivity contribution is 7.98. The Bertz CT molecular complexity index is 651. The number of hydrogen-bond donors (Lipinski definition) is 1. The monoisotopic (exact) mass is 384 g/mol. The van der Waals surface area contributed by atoms with Crippen LogP contribution in [0, 0.1) is 6.92 Å². The van der Waals surface area contributed by atoms with Crippen molar-refractivity contribution in [3.05, 3.63) is 29.8 Å². The highest BCUT2D eigenvalue weighted by Crippen LogP contribution is 2.16. The van der Waals surface area contributed by atoms with E-state index in [4.69, 9.17) is 0 Å². The van der Waals surface area contributed by atoms with Crippen molar-refractivity contribution in [2.75, 3.05) is 25.1 Å². The Morgan fingerprint density at radius 3 is 2.32 bits per heavy atom. The molecule has 5 nitrogen and oxygen atoms in total. The summed E-state index contributed by atoms with van der Waals surface area (Å²) in [5.41, 5.74) is 0.999. The number of carbonyl (C=O) groups excluding carboxylic acids is 1. The Morgan fingerprint density at radius 1 is 1.16 bits per heavy atom. The summed E-state index contributed by atoms with van der Waals surface area (Å²) in [7, 11) is -3.71. The Labute approximate surface area is 155 Å². The van der Waals surface area contributed by atoms with Gasteiger partial charge in [0.2, 0.25) is 15.9 Å². The smallest absolute Gasteiger partial charge is 0.241 e. The maximum atomic E-state index is 12.9. The molecule has 0 radical (unpaired) electrons. The van der Waals surface area contributed by atoms with Gasteiger partial charge in [0.15, 0.2) is 0 Å². The van der Waals surface area contributed by atoms with Crippen molar-refractivity contribution >= 4 is 27.7 Å². The summed E-state index contributed by atoms with van der Waals surface area (Å²) < 4.78 is 28.0. The summed E-state index contributed by atoms with van der Waals surface area (Å²) in [6, 6.07) is 6.00. The van der Waals surface area contributed by atoms with Crippen molar-refractivity contribution in [1.82, 2.24) is 9.62 Å². The third-order valence-corrected chi connectivity index (χ3v) is 6.59. The lowest BCUT2D eigenvalue weighted by atomic mass is 10.2. The van der Waals surface area contributed by atoms with Gasteiger partial charge in [-0.2, -0.15) is 16.5 Å². The molecule has 0 spiro atoms. The number of nitrogens with zero attached hydrogens (tertiary/aromatic N) is 1. The third-order valence-electron chi connectivity index (χ3n) is 4.46. The minimum absolute atomic E-state index is 0.0911. The van der Waals surface area contributed by atoms with Crippen LogP contribution in [0.25, 0.3) is 0 Å². The van der Waals surface area contributed by atoms with E-state index in [1.165, 1.54) is 0 Å². The molecule has 140 valence electrons. The van der Waals surface area contributed by atoms with Crippen LogP contribution in [0.5, 0.6) is 0 Å². The molecule has 1 heterocycles. The van der Waals surface area contributed by atoms with Gasteiger partial charge < -0.3 is 4.90 Å². The topological polar surface area (TPSA) is 66.5 Å². The summed E-state index contributed by atoms with van der Waals surface area (Å²) in [6.45, 7) is 3.36. The molecule has 25 heavy (non-hydrogen) atoms. The van der Waals surface area contributed by atoms with E-state index in [9.17, 15) is 13.2 Å². The van der Waals surface area contributed by atoms with Crippen molar-refractivity contribution < 1.29 is 13.2 Å². The van der Waals surface area contributed by atoms with Gasteiger partial charge in [-0.15, -0.1) is 0 Å². The van der Waals surface area contributed by atoms with E-state index in [2.05, 4.69) is 4.72 Å². The van der Waals surface area contributed by atoms with Crippen LogP contribution < -0.4 is 4.72 Å². The minimum atomic E-state index is -3.71. The highest BCUT2D eigenvalue weighted by Gasteiger charge is 2.29. The van der Waals surface area contributed by atoms with Crippen LogP contribution >= 0.6 is 11.8 Å². The van der Waals surface area contributed by atoms with E-state index in [1.807, 2.05) is 18.1 Å². The van der Waals surface area contributed by atoms with Gasteiger partial charge in [0.05, 0.1) is 4.90 Å². The molecule has 1 aromatic carbocycles. The van der Waals surface area contributed by atoms with Crippen molar-refractivity contribution in [3.8, 4) is 0 Å². The fraction of sp³-hybridized carbons (Fsp3) is 0.611. The molecule has 1 N–H and O–H groups in total. The van der Waals surface area contributed by atoms with Crippen molar-refractivity contribution in [2.45, 2.75) is 50.0 Å². The first-order valence-corrected chi connectivity index (χ1v) is 11.7. The summed E-state index contributed by atoms with van der Waals surface area (Å²) >= 11 is 1.62. The first-order valence-electron chi connectivity index (χ1n) is 8.81. The standard InChI is InChI=1S/C18H28N2O3S2/c1-15-7-9-16(10-8-15)25(22,23)19-17(11-14-24-2)18(21)20-12-5-3-4-6-13-20/h7-10,17,19H,3-6,11-14H2,1-2H3. The molecular weight excluding hydrogens is 356 g/mol. The SMILES string of the molecule is CSCCC(NS(=O)(=O)c1ccc(C)cc1)C(=O)N1CCCCCC1. The molecule has 2 rings (SSSR count). The van der Waals surface area contributed by atoms with Gasteiger partial charge in [-0.3, -0.25) is 4.79 Å². The van der Waals surface area contributed by atoms with E-state index < -0.39 is 16.1 Å². The summed E-state index contributed by atoms with van der Waals surface area (Å²) in [5, 5.41) is 0. The van der Waals surface area contributed by atoms with Gasteiger partial charge in [-0.25, -0.2) is 8.42 Å². The van der Waals surface area contributed by atoms with E-state index in [-0.39, 0.29) is 10.8 Å². The number of aryl methyl sites for hydroxylation is 1. The fourth-order valence-electron chi connectivity index (χ4n) is 2.95. The average Bonchev–Trinajstić information content (AvgIpc) is 2.87. The Hall–Kier alpha value is -1.05. The summed E-state index contributed by atoms with van der Waals surface area (Å²) in [5.74, 6) is 0.646. The lowest BCUT2D eigenvalue weighted by Gasteiger charge is -2.26. The Kier molecular flexibility index (Phi) is 7.78. The fourth-order valence-corrected chi connectivity index (χ4v) is 4.65. The molecule has 1 aliphatic heterocycles. The number of rotatable bonds is 7. The second kappa shape index (κ2) is 9.59. The van der Waals surface area contributed by atoms with Gasteiger partial charge in [-0.05, 0) is 50.3 Å². The lowest BCUT2D eigenvalue weighted by Crippen LogP contribution is -2.49. The van der Waals surface area contributed by atoms with Crippen LogP contribution in [0.2, 0.25) is 0 Å².